The van der Waals surface area contributed by atoms with E-state index in [-0.39, 0.29) is 24.5 Å². The van der Waals surface area contributed by atoms with Gasteiger partial charge in [-0.05, 0) is 60.6 Å². The normalized spacial score (nSPS) is 14.6. The zero-order valence-corrected chi connectivity index (χ0v) is 22.1. The maximum atomic E-state index is 14.6. The van der Waals surface area contributed by atoms with Crippen molar-refractivity contribution in [3.63, 3.8) is 0 Å². The highest BCUT2D eigenvalue weighted by molar-refractivity contribution is 6.30. The molecule has 1 saturated carbocycles. The van der Waals surface area contributed by atoms with E-state index in [0.717, 1.165) is 18.4 Å². The molecule has 1 atom stereocenters. The molecule has 4 rings (SSSR count). The summed E-state index contributed by atoms with van der Waals surface area (Å²) in [6, 6.07) is 7.54. The topological polar surface area (TPSA) is 87.1 Å². The van der Waals surface area contributed by atoms with Crippen LogP contribution in [0.4, 0.5) is 15.8 Å². The highest BCUT2D eigenvalue weighted by Gasteiger charge is 2.21. The Morgan fingerprint density at radius 3 is 2.68 bits per heavy atom. The van der Waals surface area contributed by atoms with Crippen LogP contribution in [0, 0.1) is 11.7 Å². The second-order valence-corrected chi connectivity index (χ2v) is 10.5. The van der Waals surface area contributed by atoms with Crippen LogP contribution >= 0.6 is 11.6 Å². The molecule has 0 spiro atoms. The summed E-state index contributed by atoms with van der Waals surface area (Å²) in [5.41, 5.74) is 3.28. The third-order valence-electron chi connectivity index (χ3n) is 7.05. The van der Waals surface area contributed by atoms with Crippen molar-refractivity contribution in [2.24, 2.45) is 5.92 Å². The largest absolute Gasteiger partial charge is 0.394 e. The Morgan fingerprint density at radius 2 is 1.95 bits per heavy atom. The zero-order chi connectivity index (χ0) is 26.4. The number of aliphatic hydroxyl groups is 1. The number of carbonyl (C=O) groups is 1. The number of rotatable bonds is 10. The highest BCUT2D eigenvalue weighted by Crippen LogP contribution is 2.33. The van der Waals surface area contributed by atoms with Gasteiger partial charge in [0.15, 0.2) is 0 Å². The number of pyridine rings is 2. The van der Waals surface area contributed by atoms with Gasteiger partial charge in [-0.15, -0.1) is 0 Å². The van der Waals surface area contributed by atoms with Crippen LogP contribution in [0.2, 0.25) is 5.02 Å². The lowest BCUT2D eigenvalue weighted by Gasteiger charge is -2.20. The molecular formula is C29H34ClFN4O2. The molecule has 3 N–H and O–H groups in total. The second-order valence-electron chi connectivity index (χ2n) is 10.1. The van der Waals surface area contributed by atoms with Crippen LogP contribution in [0.15, 0.2) is 48.9 Å². The van der Waals surface area contributed by atoms with E-state index in [1.54, 1.807) is 30.6 Å². The van der Waals surface area contributed by atoms with Gasteiger partial charge in [-0.1, -0.05) is 51.1 Å². The number of amides is 1. The maximum Gasteiger partial charge on any atom is 0.255 e. The van der Waals surface area contributed by atoms with Crippen molar-refractivity contribution in [1.29, 1.82) is 0 Å². The molecule has 196 valence electrons. The Balaban J connectivity index is 1.57. The van der Waals surface area contributed by atoms with Crippen molar-refractivity contribution in [2.45, 2.75) is 64.3 Å². The number of hydrogen-bond donors (Lipinski definition) is 3. The SMILES string of the molecule is CC(C)c1cnc(-c2cc(Cl)ccc2F)cc1Nc1ccncc1C(=O)N[C@H](CO)CCC1CCCC1. The van der Waals surface area contributed by atoms with Crippen LogP contribution in [-0.4, -0.2) is 33.6 Å². The van der Waals surface area contributed by atoms with Crippen LogP contribution in [-0.2, 0) is 0 Å². The molecular weight excluding hydrogens is 491 g/mol. The molecule has 6 nitrogen and oxygen atoms in total. The number of halogens is 2. The third-order valence-corrected chi connectivity index (χ3v) is 7.29. The number of nitrogens with zero attached hydrogens (tertiary/aromatic N) is 2. The molecule has 1 aliphatic carbocycles. The van der Waals surface area contributed by atoms with Gasteiger partial charge in [-0.2, -0.15) is 0 Å². The summed E-state index contributed by atoms with van der Waals surface area (Å²) in [6.45, 7) is 3.97. The van der Waals surface area contributed by atoms with Crippen molar-refractivity contribution < 1.29 is 14.3 Å². The lowest BCUT2D eigenvalue weighted by Crippen LogP contribution is -2.38. The van der Waals surface area contributed by atoms with Crippen LogP contribution in [0.5, 0.6) is 0 Å². The highest BCUT2D eigenvalue weighted by atomic mass is 35.5. The molecule has 2 heterocycles. The van der Waals surface area contributed by atoms with Gasteiger partial charge >= 0.3 is 0 Å². The maximum absolute atomic E-state index is 14.6. The number of anilines is 2. The van der Waals surface area contributed by atoms with Gasteiger partial charge in [0.25, 0.3) is 5.91 Å². The quantitative estimate of drug-likeness (QED) is 0.269. The van der Waals surface area contributed by atoms with Crippen molar-refractivity contribution in [3.8, 4) is 11.3 Å². The minimum absolute atomic E-state index is 0.113. The van der Waals surface area contributed by atoms with E-state index in [9.17, 15) is 14.3 Å². The minimum atomic E-state index is -0.420. The number of carbonyl (C=O) groups excluding carboxylic acids is 1. The van der Waals surface area contributed by atoms with Gasteiger partial charge in [0.2, 0.25) is 0 Å². The first-order valence-electron chi connectivity index (χ1n) is 12.9. The van der Waals surface area contributed by atoms with E-state index in [1.807, 2.05) is 13.8 Å². The lowest BCUT2D eigenvalue weighted by atomic mass is 9.98. The fourth-order valence-electron chi connectivity index (χ4n) is 4.91. The van der Waals surface area contributed by atoms with Crippen molar-refractivity contribution in [2.75, 3.05) is 11.9 Å². The molecule has 1 fully saturated rings. The first-order valence-corrected chi connectivity index (χ1v) is 13.3. The Kier molecular flexibility index (Phi) is 9.11. The summed E-state index contributed by atoms with van der Waals surface area (Å²) < 4.78 is 14.6. The molecule has 37 heavy (non-hydrogen) atoms. The predicted molar refractivity (Wildman–Crippen MR) is 146 cm³/mol. The van der Waals surface area contributed by atoms with E-state index in [0.29, 0.717) is 39.1 Å². The molecule has 2 aromatic heterocycles. The van der Waals surface area contributed by atoms with Crippen LogP contribution < -0.4 is 10.6 Å². The van der Waals surface area contributed by atoms with E-state index in [1.165, 1.54) is 44.0 Å². The molecule has 1 aliphatic rings. The van der Waals surface area contributed by atoms with Gasteiger partial charge in [-0.25, -0.2) is 4.39 Å². The number of hydrogen-bond acceptors (Lipinski definition) is 5. The summed E-state index contributed by atoms with van der Waals surface area (Å²) in [7, 11) is 0. The van der Waals surface area contributed by atoms with Gasteiger partial charge in [-0.3, -0.25) is 14.8 Å². The monoisotopic (exact) mass is 524 g/mol. The smallest absolute Gasteiger partial charge is 0.255 e. The molecule has 0 saturated heterocycles. The summed E-state index contributed by atoms with van der Waals surface area (Å²) in [6.07, 6.45) is 11.6. The number of aliphatic hydroxyl groups excluding tert-OH is 1. The first-order chi connectivity index (χ1) is 17.9. The Hall–Kier alpha value is -3.03. The van der Waals surface area contributed by atoms with Crippen LogP contribution in [0.1, 0.15) is 74.2 Å². The molecule has 8 heteroatoms. The van der Waals surface area contributed by atoms with Crippen molar-refractivity contribution >= 4 is 28.9 Å². The van der Waals surface area contributed by atoms with Crippen molar-refractivity contribution in [1.82, 2.24) is 15.3 Å². The summed E-state index contributed by atoms with van der Waals surface area (Å²) in [5.74, 6) is 0.0853. The molecule has 0 radical (unpaired) electrons. The summed E-state index contributed by atoms with van der Waals surface area (Å²) in [4.78, 5) is 21.9. The van der Waals surface area contributed by atoms with Gasteiger partial charge in [0.05, 0.1) is 29.6 Å². The van der Waals surface area contributed by atoms with Crippen molar-refractivity contribution in [3.05, 3.63) is 70.9 Å². The Morgan fingerprint density at radius 1 is 1.16 bits per heavy atom. The van der Waals surface area contributed by atoms with Gasteiger partial charge in [0, 0.05) is 34.9 Å². The van der Waals surface area contributed by atoms with E-state index >= 15 is 0 Å². The Bertz CT molecular complexity index is 1230. The predicted octanol–water partition coefficient (Wildman–Crippen LogP) is 6.86. The summed E-state index contributed by atoms with van der Waals surface area (Å²) >= 11 is 6.11. The molecule has 0 unspecified atom stereocenters. The van der Waals surface area contributed by atoms with Gasteiger partial charge < -0.3 is 15.7 Å². The average molecular weight is 525 g/mol. The minimum Gasteiger partial charge on any atom is -0.394 e. The number of aromatic nitrogens is 2. The molecule has 3 aromatic rings. The van der Waals surface area contributed by atoms with Crippen LogP contribution in [0.3, 0.4) is 0 Å². The van der Waals surface area contributed by atoms with Gasteiger partial charge in [0.1, 0.15) is 5.82 Å². The Labute approximate surface area is 222 Å². The second kappa shape index (κ2) is 12.5. The molecule has 0 aliphatic heterocycles. The fourth-order valence-corrected chi connectivity index (χ4v) is 5.09. The third kappa shape index (κ3) is 6.84. The number of nitrogens with one attached hydrogen (secondary N) is 2. The molecule has 1 aromatic carbocycles. The zero-order valence-electron chi connectivity index (χ0n) is 21.3. The standard InChI is InChI=1S/C29H34ClFN4O2/c1-18(2)23-16-33-27(22-13-20(30)8-10-25(22)31)14-28(23)35-26-11-12-32-15-24(26)29(37)34-21(17-36)9-7-19-5-3-4-6-19/h8,10-16,18-19,21,36H,3-7,9,17H2,1-2H3,(H,34,37)(H,32,33,35)/t21-/m0/s1. The fraction of sp³-hybridized carbons (Fsp3) is 0.414. The first kappa shape index (κ1) is 27.0. The van der Waals surface area contributed by atoms with E-state index in [4.69, 9.17) is 11.6 Å². The molecule has 0 bridgehead atoms. The average Bonchev–Trinajstić information content (AvgIpc) is 3.41. The number of benzene rings is 1. The van der Waals surface area contributed by atoms with E-state index in [2.05, 4.69) is 20.6 Å². The lowest BCUT2D eigenvalue weighted by molar-refractivity contribution is 0.0911. The van der Waals surface area contributed by atoms with Crippen LogP contribution in [0.25, 0.3) is 11.3 Å². The summed E-state index contributed by atoms with van der Waals surface area (Å²) in [5, 5.41) is 16.6. The van der Waals surface area contributed by atoms with E-state index < -0.39 is 5.82 Å². The molecule has 1 amide bonds.